The Kier molecular flexibility index (Phi) is 4.11. The molecule has 2 heterocycles. The van der Waals surface area contributed by atoms with Gasteiger partial charge >= 0.3 is 0 Å². The van der Waals surface area contributed by atoms with Crippen molar-refractivity contribution in [1.29, 1.82) is 0 Å². The molecule has 0 bridgehead atoms. The van der Waals surface area contributed by atoms with Crippen LogP contribution in [0.5, 0.6) is 11.5 Å². The lowest BCUT2D eigenvalue weighted by Gasteiger charge is -2.21. The molecule has 3 aliphatic rings. The summed E-state index contributed by atoms with van der Waals surface area (Å²) in [4.78, 5) is 2.29. The van der Waals surface area contributed by atoms with Crippen LogP contribution in [0.3, 0.4) is 0 Å². The van der Waals surface area contributed by atoms with Crippen LogP contribution in [-0.4, -0.2) is 54.1 Å². The van der Waals surface area contributed by atoms with Crippen LogP contribution in [0.2, 0.25) is 0 Å². The van der Waals surface area contributed by atoms with E-state index in [9.17, 15) is 10.2 Å². The molecule has 0 amide bonds. The Balaban J connectivity index is 1.34. The molecule has 1 aliphatic carbocycles. The number of hydrogen-bond donors (Lipinski definition) is 2. The van der Waals surface area contributed by atoms with Gasteiger partial charge in [-0.25, -0.2) is 0 Å². The second kappa shape index (κ2) is 6.51. The molecule has 0 aromatic heterocycles. The van der Waals surface area contributed by atoms with Crippen molar-refractivity contribution in [1.82, 2.24) is 4.90 Å². The topological polar surface area (TPSA) is 62.2 Å². The highest BCUT2D eigenvalue weighted by Crippen LogP contribution is 2.68. The third-order valence-electron chi connectivity index (χ3n) is 6.48. The highest BCUT2D eigenvalue weighted by Gasteiger charge is 2.70. The van der Waals surface area contributed by atoms with Crippen LogP contribution < -0.4 is 9.47 Å². The van der Waals surface area contributed by atoms with Gasteiger partial charge in [0.05, 0.1) is 6.10 Å². The molecule has 1 saturated carbocycles. The third kappa shape index (κ3) is 2.73. The van der Waals surface area contributed by atoms with Gasteiger partial charge in [0.2, 0.25) is 0 Å². The highest BCUT2D eigenvalue weighted by atomic mass is 16.6. The van der Waals surface area contributed by atoms with Gasteiger partial charge in [0.1, 0.15) is 13.2 Å². The van der Waals surface area contributed by atoms with Crippen LogP contribution in [0.1, 0.15) is 17.0 Å². The first kappa shape index (κ1) is 17.0. The Bertz CT molecular complexity index is 826. The number of fused-ring (bicyclic) bond motifs is 1. The maximum absolute atomic E-state index is 10.9. The van der Waals surface area contributed by atoms with E-state index in [-0.39, 0.29) is 23.9 Å². The van der Waals surface area contributed by atoms with E-state index in [1.54, 1.807) is 0 Å². The molecule has 142 valence electrons. The van der Waals surface area contributed by atoms with Gasteiger partial charge in [-0.1, -0.05) is 36.4 Å². The molecule has 0 unspecified atom stereocenters. The van der Waals surface area contributed by atoms with Crippen LogP contribution in [0, 0.1) is 11.3 Å². The number of ether oxygens (including phenoxy) is 2. The maximum Gasteiger partial charge on any atom is 0.161 e. The first-order chi connectivity index (χ1) is 13.2. The van der Waals surface area contributed by atoms with E-state index in [1.807, 2.05) is 30.3 Å². The fourth-order valence-corrected chi connectivity index (χ4v) is 5.23. The van der Waals surface area contributed by atoms with E-state index in [0.29, 0.717) is 19.8 Å². The lowest BCUT2D eigenvalue weighted by atomic mass is 9.95. The first-order valence-corrected chi connectivity index (χ1v) is 9.67. The zero-order valence-corrected chi connectivity index (χ0v) is 15.3. The van der Waals surface area contributed by atoms with Crippen LogP contribution in [0.25, 0.3) is 0 Å². The van der Waals surface area contributed by atoms with E-state index in [1.165, 1.54) is 5.56 Å². The van der Waals surface area contributed by atoms with Crippen LogP contribution >= 0.6 is 0 Å². The number of hydrogen-bond acceptors (Lipinski definition) is 5. The van der Waals surface area contributed by atoms with Gasteiger partial charge in [0.15, 0.2) is 11.5 Å². The van der Waals surface area contributed by atoms with Gasteiger partial charge in [-0.2, -0.15) is 0 Å². The van der Waals surface area contributed by atoms with Crippen molar-refractivity contribution >= 4 is 0 Å². The summed E-state index contributed by atoms with van der Waals surface area (Å²) in [6.07, 6.45) is -0.419. The number of β-amino-alcohol motifs (C(OH)–C–C–N with tert-alkyl or cyclic N) is 1. The van der Waals surface area contributed by atoms with Crippen molar-refractivity contribution in [3.8, 4) is 11.5 Å². The predicted molar refractivity (Wildman–Crippen MR) is 101 cm³/mol. The van der Waals surface area contributed by atoms with Crippen molar-refractivity contribution in [2.75, 3.05) is 32.9 Å². The van der Waals surface area contributed by atoms with Crippen molar-refractivity contribution in [2.24, 2.45) is 11.3 Å². The van der Waals surface area contributed by atoms with Gasteiger partial charge < -0.3 is 19.7 Å². The molecule has 5 heteroatoms. The van der Waals surface area contributed by atoms with E-state index >= 15 is 0 Å². The molecule has 5 nitrogen and oxygen atoms in total. The van der Waals surface area contributed by atoms with Crippen molar-refractivity contribution in [3.63, 3.8) is 0 Å². The summed E-state index contributed by atoms with van der Waals surface area (Å²) in [6, 6.07) is 16.4. The van der Waals surface area contributed by atoms with Crippen LogP contribution in [0.15, 0.2) is 48.5 Å². The number of aliphatic hydroxyl groups excluding tert-OH is 2. The number of aliphatic hydroxyl groups is 2. The molecule has 4 atom stereocenters. The summed E-state index contributed by atoms with van der Waals surface area (Å²) < 4.78 is 11.3. The van der Waals surface area contributed by atoms with E-state index in [4.69, 9.17) is 9.47 Å². The Labute approximate surface area is 159 Å². The van der Waals surface area contributed by atoms with E-state index in [2.05, 4.69) is 23.1 Å². The largest absolute Gasteiger partial charge is 0.486 e. The van der Waals surface area contributed by atoms with Crippen molar-refractivity contribution in [3.05, 3.63) is 59.7 Å². The minimum Gasteiger partial charge on any atom is -0.486 e. The van der Waals surface area contributed by atoms with Gasteiger partial charge in [-0.15, -0.1) is 0 Å². The molecular weight excluding hydrogens is 342 g/mol. The molecule has 2 N–H and O–H groups in total. The molecule has 1 spiro atoms. The summed E-state index contributed by atoms with van der Waals surface area (Å²) in [6.45, 7) is 3.49. The minimum atomic E-state index is -0.419. The maximum atomic E-state index is 10.9. The molecule has 2 aromatic rings. The second-order valence-electron chi connectivity index (χ2n) is 7.95. The lowest BCUT2D eigenvalue weighted by molar-refractivity contribution is 0.111. The number of benzene rings is 2. The van der Waals surface area contributed by atoms with Crippen molar-refractivity contribution < 1.29 is 19.7 Å². The molecule has 2 aliphatic heterocycles. The van der Waals surface area contributed by atoms with Gasteiger partial charge in [0.25, 0.3) is 0 Å². The first-order valence-electron chi connectivity index (χ1n) is 9.67. The summed E-state index contributed by atoms with van der Waals surface area (Å²) in [5.74, 6) is 1.95. The summed E-state index contributed by atoms with van der Waals surface area (Å²) >= 11 is 0. The van der Waals surface area contributed by atoms with Crippen LogP contribution in [0.4, 0.5) is 0 Å². The molecular formula is C22H25NO4. The van der Waals surface area contributed by atoms with Gasteiger partial charge in [-0.05, 0) is 35.1 Å². The fraction of sp³-hybridized carbons (Fsp3) is 0.455. The molecule has 27 heavy (non-hydrogen) atoms. The monoisotopic (exact) mass is 367 g/mol. The standard InChI is InChI=1S/C22H25NO4/c24-13-17-21(16-4-2-1-3-5-16)22(17)14-23(12-20(22)25)11-15-6-7-18-19(10-15)27-9-8-26-18/h1-7,10,17,20-21,24-25H,8-9,11-14H2/t17-,20-,21-,22-/m1/s1. The molecule has 2 aromatic carbocycles. The molecule has 5 rings (SSSR count). The van der Waals surface area contributed by atoms with E-state index < -0.39 is 6.10 Å². The Morgan fingerprint density at radius 3 is 2.59 bits per heavy atom. The van der Waals surface area contributed by atoms with E-state index in [0.717, 1.165) is 30.2 Å². The number of likely N-dealkylation sites (tertiary alicyclic amines) is 1. The zero-order valence-electron chi connectivity index (χ0n) is 15.3. The third-order valence-corrected chi connectivity index (χ3v) is 6.48. The number of nitrogens with zero attached hydrogens (tertiary/aromatic N) is 1. The highest BCUT2D eigenvalue weighted by molar-refractivity contribution is 5.44. The molecule has 2 fully saturated rings. The quantitative estimate of drug-likeness (QED) is 0.866. The SMILES string of the molecule is OC[C@@H]1[C@@H](c2ccccc2)[C@]12CN(Cc1ccc3c(c1)OCCO3)C[C@H]2O. The Morgan fingerprint density at radius 1 is 1.04 bits per heavy atom. The predicted octanol–water partition coefficient (Wildman–Crippen LogP) is 2.03. The summed E-state index contributed by atoms with van der Waals surface area (Å²) in [7, 11) is 0. The zero-order chi connectivity index (χ0) is 18.4. The molecule has 0 radical (unpaired) electrons. The summed E-state index contributed by atoms with van der Waals surface area (Å²) in [5, 5.41) is 20.8. The average Bonchev–Trinajstić information content (AvgIpc) is 3.25. The second-order valence-corrected chi connectivity index (χ2v) is 7.95. The smallest absolute Gasteiger partial charge is 0.161 e. The normalized spacial score (nSPS) is 32.0. The fourth-order valence-electron chi connectivity index (χ4n) is 5.23. The van der Waals surface area contributed by atoms with Crippen LogP contribution in [-0.2, 0) is 6.54 Å². The lowest BCUT2D eigenvalue weighted by Crippen LogP contribution is -2.23. The Hall–Kier alpha value is -2.08. The van der Waals surface area contributed by atoms with Gasteiger partial charge in [-0.3, -0.25) is 4.90 Å². The number of rotatable bonds is 4. The minimum absolute atomic E-state index is 0.120. The average molecular weight is 367 g/mol. The van der Waals surface area contributed by atoms with Gasteiger partial charge in [0, 0.05) is 31.7 Å². The molecule has 1 saturated heterocycles. The summed E-state index contributed by atoms with van der Waals surface area (Å²) in [5.41, 5.74) is 2.14. The Morgan fingerprint density at radius 2 is 1.81 bits per heavy atom. The van der Waals surface area contributed by atoms with Crippen molar-refractivity contribution in [2.45, 2.75) is 18.6 Å².